The largest absolute Gasteiger partial charge is 0.383 e. The number of H-pyrrole nitrogens is 1. The average Bonchev–Trinajstić information content (AvgIpc) is 3.03. The number of hydrogen-bond donors (Lipinski definition) is 3. The molecule has 27 heavy (non-hydrogen) atoms. The smallest absolute Gasteiger partial charge is 0.293 e. The maximum atomic E-state index is 12.7. The second-order valence-electron chi connectivity index (χ2n) is 7.26. The Morgan fingerprint density at radius 3 is 2.74 bits per heavy atom. The molecule has 7 nitrogen and oxygen atoms in total. The van der Waals surface area contributed by atoms with Crippen LogP contribution < -0.4 is 11.1 Å². The highest BCUT2D eigenvalue weighted by atomic mass is 35.5. The molecule has 3 rings (SSSR count). The maximum absolute atomic E-state index is 12.7. The minimum atomic E-state index is -0.477. The van der Waals surface area contributed by atoms with Crippen LogP contribution in [0.1, 0.15) is 42.5 Å². The van der Waals surface area contributed by atoms with E-state index < -0.39 is 5.91 Å². The molecule has 1 aromatic carbocycles. The molecule has 142 valence electrons. The summed E-state index contributed by atoms with van der Waals surface area (Å²) >= 11 is 6.20. The standard InChI is InChI=1S/C19H22ClN5O2/c1-19(2,3)11-8-22-16-14(11)15(21)24-17(25-16)18(26)23-13-7-5-6-12(20)10(13)9-27-4/h5-8H,9H2,1-4H3,(H,23,26)(H3,21,22,24,25). The van der Waals surface area contributed by atoms with Gasteiger partial charge in [0, 0.05) is 29.6 Å². The second kappa shape index (κ2) is 7.17. The van der Waals surface area contributed by atoms with Crippen molar-refractivity contribution in [2.45, 2.75) is 32.8 Å². The van der Waals surface area contributed by atoms with Crippen LogP contribution in [-0.4, -0.2) is 28.0 Å². The van der Waals surface area contributed by atoms with Crippen LogP contribution in [0.5, 0.6) is 0 Å². The fraction of sp³-hybridized carbons (Fsp3) is 0.316. The number of hydrogen-bond acceptors (Lipinski definition) is 5. The first kappa shape index (κ1) is 19.1. The maximum Gasteiger partial charge on any atom is 0.293 e. The van der Waals surface area contributed by atoms with E-state index in [1.807, 2.05) is 6.20 Å². The number of halogens is 1. The van der Waals surface area contributed by atoms with Gasteiger partial charge in [-0.3, -0.25) is 4.79 Å². The number of aromatic amines is 1. The van der Waals surface area contributed by atoms with Crippen LogP contribution in [-0.2, 0) is 16.8 Å². The van der Waals surface area contributed by atoms with Crippen molar-refractivity contribution < 1.29 is 9.53 Å². The summed E-state index contributed by atoms with van der Waals surface area (Å²) in [5, 5.41) is 4.03. The normalized spacial score (nSPS) is 11.7. The number of ether oxygens (including phenoxy) is 1. The third-order valence-corrected chi connectivity index (χ3v) is 4.58. The molecule has 8 heteroatoms. The van der Waals surface area contributed by atoms with E-state index in [0.29, 0.717) is 21.9 Å². The van der Waals surface area contributed by atoms with Crippen LogP contribution >= 0.6 is 11.6 Å². The average molecular weight is 388 g/mol. The minimum absolute atomic E-state index is 0.0225. The Morgan fingerprint density at radius 2 is 2.07 bits per heavy atom. The molecule has 0 saturated heterocycles. The van der Waals surface area contributed by atoms with Gasteiger partial charge in [-0.2, -0.15) is 0 Å². The lowest BCUT2D eigenvalue weighted by Crippen LogP contribution is -2.18. The Hall–Kier alpha value is -2.64. The van der Waals surface area contributed by atoms with Gasteiger partial charge < -0.3 is 20.8 Å². The number of methoxy groups -OCH3 is 1. The number of carbonyl (C=O) groups is 1. The number of carbonyl (C=O) groups excluding carboxylic acids is 1. The van der Waals surface area contributed by atoms with Crippen molar-refractivity contribution >= 4 is 40.0 Å². The molecule has 0 spiro atoms. The minimum Gasteiger partial charge on any atom is -0.383 e. The van der Waals surface area contributed by atoms with E-state index in [1.54, 1.807) is 25.3 Å². The Morgan fingerprint density at radius 1 is 1.33 bits per heavy atom. The van der Waals surface area contributed by atoms with Crippen molar-refractivity contribution in [3.63, 3.8) is 0 Å². The van der Waals surface area contributed by atoms with Crippen LogP contribution in [0.3, 0.4) is 0 Å². The van der Waals surface area contributed by atoms with Crippen molar-refractivity contribution in [2.24, 2.45) is 0 Å². The van der Waals surface area contributed by atoms with Gasteiger partial charge in [-0.1, -0.05) is 38.4 Å². The highest BCUT2D eigenvalue weighted by Gasteiger charge is 2.23. The summed E-state index contributed by atoms with van der Waals surface area (Å²) in [6.07, 6.45) is 1.85. The van der Waals surface area contributed by atoms with Crippen LogP contribution in [0, 0.1) is 0 Å². The van der Waals surface area contributed by atoms with Crippen LogP contribution in [0.15, 0.2) is 24.4 Å². The lowest BCUT2D eigenvalue weighted by molar-refractivity contribution is 0.101. The van der Waals surface area contributed by atoms with Crippen LogP contribution in [0.4, 0.5) is 11.5 Å². The van der Waals surface area contributed by atoms with E-state index in [1.165, 1.54) is 0 Å². The number of nitrogens with zero attached hydrogens (tertiary/aromatic N) is 2. The molecule has 0 unspecified atom stereocenters. The molecule has 1 amide bonds. The van der Waals surface area contributed by atoms with Gasteiger partial charge in [0.2, 0.25) is 5.82 Å². The molecule has 0 bridgehead atoms. The summed E-state index contributed by atoms with van der Waals surface area (Å²) in [7, 11) is 1.56. The molecular weight excluding hydrogens is 366 g/mol. The molecule has 0 radical (unpaired) electrons. The van der Waals surface area contributed by atoms with Gasteiger partial charge in [-0.15, -0.1) is 0 Å². The summed E-state index contributed by atoms with van der Waals surface area (Å²) in [5.74, 6) is -0.236. The molecule has 0 aliphatic rings. The molecule has 0 saturated carbocycles. The predicted octanol–water partition coefficient (Wildman–Crippen LogP) is 3.89. The Labute approximate surface area is 162 Å². The SMILES string of the molecule is COCc1c(Cl)cccc1NC(=O)c1nc(N)c2c(C(C)(C)C)c[nH]c2n1. The number of nitrogens with two attached hydrogens (primary N) is 1. The molecule has 2 heterocycles. The molecule has 2 aromatic heterocycles. The summed E-state index contributed by atoms with van der Waals surface area (Å²) in [4.78, 5) is 24.3. The monoisotopic (exact) mass is 387 g/mol. The van der Waals surface area contributed by atoms with Gasteiger partial charge in [0.15, 0.2) is 0 Å². The van der Waals surface area contributed by atoms with Gasteiger partial charge in [-0.05, 0) is 23.1 Å². The molecule has 0 aliphatic carbocycles. The van der Waals surface area contributed by atoms with Crippen molar-refractivity contribution in [3.05, 3.63) is 46.4 Å². The third kappa shape index (κ3) is 3.74. The summed E-state index contributed by atoms with van der Waals surface area (Å²) < 4.78 is 5.16. The zero-order chi connectivity index (χ0) is 19.8. The zero-order valence-electron chi connectivity index (χ0n) is 15.7. The lowest BCUT2D eigenvalue weighted by Gasteiger charge is -2.17. The van der Waals surface area contributed by atoms with Crippen molar-refractivity contribution in [3.8, 4) is 0 Å². The van der Waals surface area contributed by atoms with Gasteiger partial charge in [0.25, 0.3) is 5.91 Å². The van der Waals surface area contributed by atoms with Crippen LogP contribution in [0.25, 0.3) is 11.0 Å². The number of amides is 1. The van der Waals surface area contributed by atoms with Gasteiger partial charge in [0.1, 0.15) is 11.5 Å². The fourth-order valence-electron chi connectivity index (χ4n) is 2.90. The Bertz CT molecular complexity index is 1010. The summed E-state index contributed by atoms with van der Waals surface area (Å²) in [6.45, 7) is 6.49. The number of nitrogen functional groups attached to an aromatic ring is 1. The van der Waals surface area contributed by atoms with Gasteiger partial charge in [-0.25, -0.2) is 9.97 Å². The quantitative estimate of drug-likeness (QED) is 0.629. The first-order valence-electron chi connectivity index (χ1n) is 8.45. The molecular formula is C19H22ClN5O2. The number of fused-ring (bicyclic) bond motifs is 1. The molecule has 4 N–H and O–H groups in total. The van der Waals surface area contributed by atoms with E-state index in [-0.39, 0.29) is 23.7 Å². The summed E-state index contributed by atoms with van der Waals surface area (Å²) in [5.41, 5.74) is 8.76. The predicted molar refractivity (Wildman–Crippen MR) is 107 cm³/mol. The number of nitrogens with one attached hydrogen (secondary N) is 2. The molecule has 3 aromatic rings. The number of aromatic nitrogens is 3. The van der Waals surface area contributed by atoms with E-state index in [2.05, 4.69) is 41.0 Å². The van der Waals surface area contributed by atoms with E-state index in [0.717, 1.165) is 10.9 Å². The van der Waals surface area contributed by atoms with E-state index >= 15 is 0 Å². The number of anilines is 2. The van der Waals surface area contributed by atoms with Crippen molar-refractivity contribution in [1.82, 2.24) is 15.0 Å². The Kier molecular flexibility index (Phi) is 5.08. The molecule has 0 atom stereocenters. The third-order valence-electron chi connectivity index (χ3n) is 4.23. The van der Waals surface area contributed by atoms with Gasteiger partial charge in [0.05, 0.1) is 12.0 Å². The first-order valence-corrected chi connectivity index (χ1v) is 8.83. The molecule has 0 aliphatic heterocycles. The van der Waals surface area contributed by atoms with Crippen molar-refractivity contribution in [2.75, 3.05) is 18.2 Å². The van der Waals surface area contributed by atoms with Crippen LogP contribution in [0.2, 0.25) is 5.02 Å². The number of benzene rings is 1. The van der Waals surface area contributed by atoms with Gasteiger partial charge >= 0.3 is 0 Å². The zero-order valence-corrected chi connectivity index (χ0v) is 16.4. The number of rotatable bonds is 4. The van der Waals surface area contributed by atoms with E-state index in [4.69, 9.17) is 22.1 Å². The first-order chi connectivity index (χ1) is 12.7. The van der Waals surface area contributed by atoms with Crippen molar-refractivity contribution in [1.29, 1.82) is 0 Å². The highest BCUT2D eigenvalue weighted by molar-refractivity contribution is 6.31. The fourth-order valence-corrected chi connectivity index (χ4v) is 3.13. The van der Waals surface area contributed by atoms with E-state index in [9.17, 15) is 4.79 Å². The molecule has 0 fully saturated rings. The lowest BCUT2D eigenvalue weighted by atomic mass is 9.87. The second-order valence-corrected chi connectivity index (χ2v) is 7.67. The Balaban J connectivity index is 1.97. The topological polar surface area (TPSA) is 106 Å². The summed E-state index contributed by atoms with van der Waals surface area (Å²) in [6, 6.07) is 5.22. The highest BCUT2D eigenvalue weighted by Crippen LogP contribution is 2.32.